The van der Waals surface area contributed by atoms with Crippen LogP contribution in [0, 0.1) is 5.41 Å². The lowest BCUT2D eigenvalue weighted by Crippen LogP contribution is -2.16. The van der Waals surface area contributed by atoms with E-state index in [0.717, 1.165) is 12.1 Å². The molecule has 0 radical (unpaired) electrons. The van der Waals surface area contributed by atoms with Crippen molar-refractivity contribution in [3.8, 4) is 17.5 Å². The predicted molar refractivity (Wildman–Crippen MR) is 66.2 cm³/mol. The van der Waals surface area contributed by atoms with Gasteiger partial charge >= 0.3 is 12.4 Å². The molecule has 0 saturated carbocycles. The largest absolute Gasteiger partial charge is 0.573 e. The Bertz CT molecular complexity index is 644. The third kappa shape index (κ3) is 4.34. The summed E-state index contributed by atoms with van der Waals surface area (Å²) >= 11 is 0. The first kappa shape index (κ1) is 14.6. The van der Waals surface area contributed by atoms with Gasteiger partial charge in [0, 0.05) is 6.20 Å². The summed E-state index contributed by atoms with van der Waals surface area (Å²) in [6.45, 7) is 0. The second-order valence-corrected chi connectivity index (χ2v) is 3.76. The molecule has 1 aromatic carbocycles. The van der Waals surface area contributed by atoms with E-state index in [1.807, 2.05) is 0 Å². The Morgan fingerprint density at radius 2 is 1.71 bits per heavy atom. The first-order valence-electron chi connectivity index (χ1n) is 5.54. The molecule has 1 heterocycles. The van der Waals surface area contributed by atoms with Gasteiger partial charge in [-0.05, 0) is 30.3 Å². The molecule has 0 aliphatic heterocycles. The first-order valence-corrected chi connectivity index (χ1v) is 5.54. The Morgan fingerprint density at radius 3 is 2.29 bits per heavy atom. The van der Waals surface area contributed by atoms with E-state index in [1.165, 1.54) is 24.4 Å². The van der Waals surface area contributed by atoms with Crippen molar-refractivity contribution in [3.63, 3.8) is 0 Å². The van der Waals surface area contributed by atoms with Crippen LogP contribution in [0.2, 0.25) is 0 Å². The Kier molecular flexibility index (Phi) is 3.92. The normalized spacial score (nSPS) is 11.0. The third-order valence-electron chi connectivity index (χ3n) is 2.18. The highest BCUT2D eigenvalue weighted by Crippen LogP contribution is 2.26. The Labute approximate surface area is 116 Å². The molecule has 3 N–H and O–H groups in total. The van der Waals surface area contributed by atoms with Gasteiger partial charge in [0.25, 0.3) is 0 Å². The monoisotopic (exact) mass is 298 g/mol. The average molecular weight is 298 g/mol. The number of hydrogen-bond donors (Lipinski definition) is 2. The van der Waals surface area contributed by atoms with Crippen molar-refractivity contribution >= 4 is 5.84 Å². The highest BCUT2D eigenvalue weighted by molar-refractivity contribution is 5.92. The van der Waals surface area contributed by atoms with E-state index in [0.29, 0.717) is 0 Å². The summed E-state index contributed by atoms with van der Waals surface area (Å²) in [5.41, 5.74) is 5.45. The number of nitrogens with two attached hydrogens (primary N) is 1. The van der Waals surface area contributed by atoms with Crippen LogP contribution in [0.4, 0.5) is 13.2 Å². The maximum Gasteiger partial charge on any atom is 0.573 e. The van der Waals surface area contributed by atoms with Gasteiger partial charge in [0.15, 0.2) is 0 Å². The van der Waals surface area contributed by atoms with Crippen LogP contribution < -0.4 is 15.2 Å². The van der Waals surface area contributed by atoms with Crippen molar-refractivity contribution in [2.45, 2.75) is 6.36 Å². The SMILES string of the molecule is N=C(N)c1ccnc(Oc2ccc(OC(F)(F)F)cc2)n1. The number of nitrogens with zero attached hydrogens (tertiary/aromatic N) is 2. The van der Waals surface area contributed by atoms with Crippen molar-refractivity contribution in [1.82, 2.24) is 9.97 Å². The van der Waals surface area contributed by atoms with Gasteiger partial charge in [0.05, 0.1) is 0 Å². The Morgan fingerprint density at radius 1 is 1.10 bits per heavy atom. The van der Waals surface area contributed by atoms with E-state index in [1.54, 1.807) is 0 Å². The molecule has 6 nitrogen and oxygen atoms in total. The lowest BCUT2D eigenvalue weighted by molar-refractivity contribution is -0.274. The molecular weight excluding hydrogens is 289 g/mol. The fourth-order valence-electron chi connectivity index (χ4n) is 1.35. The molecule has 110 valence electrons. The standard InChI is InChI=1S/C12H9F3N4O2/c13-12(14,15)21-8-3-1-7(2-4-8)20-11-18-6-5-9(19-11)10(16)17/h1-6H,(H3,16,17). The second-order valence-electron chi connectivity index (χ2n) is 3.76. The van der Waals surface area contributed by atoms with Crippen molar-refractivity contribution in [1.29, 1.82) is 5.41 Å². The van der Waals surface area contributed by atoms with Gasteiger partial charge in [-0.2, -0.15) is 4.98 Å². The van der Waals surface area contributed by atoms with Gasteiger partial charge in [-0.15, -0.1) is 13.2 Å². The fourth-order valence-corrected chi connectivity index (χ4v) is 1.35. The molecule has 21 heavy (non-hydrogen) atoms. The number of nitrogens with one attached hydrogen (secondary N) is 1. The van der Waals surface area contributed by atoms with Crippen LogP contribution in [0.25, 0.3) is 0 Å². The van der Waals surface area contributed by atoms with E-state index in [9.17, 15) is 13.2 Å². The van der Waals surface area contributed by atoms with Crippen LogP contribution in [0.1, 0.15) is 5.69 Å². The zero-order chi connectivity index (χ0) is 15.5. The van der Waals surface area contributed by atoms with E-state index < -0.39 is 6.36 Å². The smallest absolute Gasteiger partial charge is 0.424 e. The van der Waals surface area contributed by atoms with Gasteiger partial charge in [0.2, 0.25) is 0 Å². The van der Waals surface area contributed by atoms with Crippen LogP contribution in [0.5, 0.6) is 17.5 Å². The molecule has 0 bridgehead atoms. The van der Waals surface area contributed by atoms with Gasteiger partial charge in [-0.1, -0.05) is 0 Å². The van der Waals surface area contributed by atoms with Crippen molar-refractivity contribution < 1.29 is 22.6 Å². The van der Waals surface area contributed by atoms with E-state index in [2.05, 4.69) is 14.7 Å². The molecule has 0 spiro atoms. The summed E-state index contributed by atoms with van der Waals surface area (Å²) in [5, 5.41) is 7.23. The number of nitrogen functional groups attached to an aromatic ring is 1. The van der Waals surface area contributed by atoms with Crippen molar-refractivity contribution in [2.75, 3.05) is 0 Å². The number of benzene rings is 1. The van der Waals surface area contributed by atoms with Crippen LogP contribution in [-0.4, -0.2) is 22.2 Å². The Balaban J connectivity index is 2.10. The zero-order valence-corrected chi connectivity index (χ0v) is 10.4. The molecule has 0 aliphatic rings. The topological polar surface area (TPSA) is 94.1 Å². The molecular formula is C12H9F3N4O2. The molecule has 0 atom stereocenters. The second kappa shape index (κ2) is 5.65. The van der Waals surface area contributed by atoms with Gasteiger partial charge in [-0.3, -0.25) is 5.41 Å². The Hall–Kier alpha value is -2.84. The zero-order valence-electron chi connectivity index (χ0n) is 10.4. The van der Waals surface area contributed by atoms with E-state index >= 15 is 0 Å². The summed E-state index contributed by atoms with van der Waals surface area (Å²) < 4.78 is 45.0. The van der Waals surface area contributed by atoms with Crippen molar-refractivity contribution in [3.05, 3.63) is 42.2 Å². The highest BCUT2D eigenvalue weighted by atomic mass is 19.4. The van der Waals surface area contributed by atoms with Gasteiger partial charge in [0.1, 0.15) is 23.0 Å². The molecule has 0 saturated heterocycles. The number of halogens is 3. The number of hydrogen-bond acceptors (Lipinski definition) is 5. The minimum Gasteiger partial charge on any atom is -0.424 e. The molecule has 2 aromatic rings. The molecule has 0 amide bonds. The lowest BCUT2D eigenvalue weighted by atomic mass is 10.3. The maximum atomic E-state index is 12.0. The minimum absolute atomic E-state index is 0.0767. The summed E-state index contributed by atoms with van der Waals surface area (Å²) in [7, 11) is 0. The molecule has 0 unspecified atom stereocenters. The minimum atomic E-state index is -4.75. The van der Waals surface area contributed by atoms with Gasteiger partial charge in [-0.25, -0.2) is 4.98 Å². The quantitative estimate of drug-likeness (QED) is 0.668. The third-order valence-corrected chi connectivity index (χ3v) is 2.18. The number of ether oxygens (including phenoxy) is 2. The molecule has 9 heteroatoms. The molecule has 2 rings (SSSR count). The van der Waals surface area contributed by atoms with Crippen LogP contribution in [-0.2, 0) is 0 Å². The summed E-state index contributed by atoms with van der Waals surface area (Å²) in [4.78, 5) is 7.66. The van der Waals surface area contributed by atoms with E-state index in [4.69, 9.17) is 15.9 Å². The highest BCUT2D eigenvalue weighted by Gasteiger charge is 2.30. The molecule has 0 aliphatic carbocycles. The van der Waals surface area contributed by atoms with Crippen LogP contribution in [0.15, 0.2) is 36.5 Å². The van der Waals surface area contributed by atoms with Crippen LogP contribution >= 0.6 is 0 Å². The number of amidine groups is 1. The average Bonchev–Trinajstić information content (AvgIpc) is 2.40. The number of aromatic nitrogens is 2. The predicted octanol–water partition coefficient (Wildman–Crippen LogP) is 2.45. The summed E-state index contributed by atoms with van der Waals surface area (Å²) in [6, 6.07) is 6.08. The summed E-state index contributed by atoms with van der Waals surface area (Å²) in [6.07, 6.45) is -3.40. The van der Waals surface area contributed by atoms with Crippen LogP contribution in [0.3, 0.4) is 0 Å². The maximum absolute atomic E-state index is 12.0. The lowest BCUT2D eigenvalue weighted by Gasteiger charge is -2.09. The van der Waals surface area contributed by atoms with Crippen molar-refractivity contribution in [2.24, 2.45) is 5.73 Å². The first-order chi connectivity index (χ1) is 9.83. The van der Waals surface area contributed by atoms with Gasteiger partial charge < -0.3 is 15.2 Å². The number of rotatable bonds is 4. The number of alkyl halides is 3. The molecule has 0 fully saturated rings. The molecule has 1 aromatic heterocycles. The summed E-state index contributed by atoms with van der Waals surface area (Å²) in [5.74, 6) is -0.408. The van der Waals surface area contributed by atoms with E-state index in [-0.39, 0.29) is 29.0 Å². The fraction of sp³-hybridized carbons (Fsp3) is 0.0833.